The Morgan fingerprint density at radius 3 is 1.96 bits per heavy atom. The van der Waals surface area contributed by atoms with E-state index in [-0.39, 0.29) is 24.7 Å². The molecule has 4 atom stereocenters. The molecule has 3 amide bonds. The summed E-state index contributed by atoms with van der Waals surface area (Å²) >= 11 is 3.89. The van der Waals surface area contributed by atoms with Crippen molar-refractivity contribution >= 4 is 42.3 Å². The van der Waals surface area contributed by atoms with E-state index in [4.69, 9.17) is 17.2 Å². The molecule has 0 rings (SSSR count). The molecule has 0 aromatic carbocycles. The third kappa shape index (κ3) is 9.97. The number of carbonyl (C=O) groups excluding carboxylic acids is 3. The van der Waals surface area contributed by atoms with Crippen molar-refractivity contribution in [2.24, 2.45) is 22.2 Å². The van der Waals surface area contributed by atoms with Gasteiger partial charge in [-0.15, -0.1) is 0 Å². The van der Waals surface area contributed by atoms with E-state index < -0.39 is 47.9 Å². The molecule has 4 unspecified atom stereocenters. The third-order valence-corrected chi connectivity index (χ3v) is 3.99. The van der Waals surface area contributed by atoms with Crippen LogP contribution in [0.4, 0.5) is 0 Å². The number of nitrogens with one attached hydrogen (secondary N) is 3. The van der Waals surface area contributed by atoms with Gasteiger partial charge in [0, 0.05) is 12.3 Å². The molecule has 0 aliphatic heterocycles. The molecular weight excluding hydrogens is 390 g/mol. The minimum Gasteiger partial charge on any atom is -0.480 e. The van der Waals surface area contributed by atoms with Gasteiger partial charge in [0.05, 0.1) is 6.04 Å². The number of hydrogen-bond donors (Lipinski definition) is 8. The summed E-state index contributed by atoms with van der Waals surface area (Å²) in [5, 5.41) is 16.3. The molecule has 10 N–H and O–H groups in total. The number of nitrogens with two attached hydrogens (primary N) is 3. The first-order valence-corrected chi connectivity index (χ1v) is 9.18. The lowest BCUT2D eigenvalue weighted by molar-refractivity contribution is -0.142. The Labute approximate surface area is 168 Å². The molecule has 0 bridgehead atoms. The molecule has 0 fully saturated rings. The van der Waals surface area contributed by atoms with Gasteiger partial charge in [-0.1, -0.05) is 0 Å². The minimum absolute atomic E-state index is 0.104. The number of rotatable bonds is 12. The van der Waals surface area contributed by atoms with Crippen LogP contribution in [0.1, 0.15) is 26.7 Å². The number of guanidine groups is 1. The van der Waals surface area contributed by atoms with Gasteiger partial charge in [0.1, 0.15) is 18.1 Å². The van der Waals surface area contributed by atoms with E-state index in [0.29, 0.717) is 6.42 Å². The van der Waals surface area contributed by atoms with Gasteiger partial charge in [-0.2, -0.15) is 12.6 Å². The lowest BCUT2D eigenvalue weighted by atomic mass is 10.1. The fourth-order valence-corrected chi connectivity index (χ4v) is 2.10. The molecule has 0 spiro atoms. The lowest BCUT2D eigenvalue weighted by Crippen LogP contribution is -2.55. The van der Waals surface area contributed by atoms with Crippen LogP contribution < -0.4 is 33.2 Å². The van der Waals surface area contributed by atoms with E-state index in [1.54, 1.807) is 0 Å². The van der Waals surface area contributed by atoms with Crippen LogP contribution in [-0.2, 0) is 19.2 Å². The van der Waals surface area contributed by atoms with E-state index in [1.807, 2.05) is 0 Å². The van der Waals surface area contributed by atoms with Crippen molar-refractivity contribution in [2.75, 3.05) is 12.3 Å². The summed E-state index contributed by atoms with van der Waals surface area (Å²) in [5.41, 5.74) is 15.9. The normalized spacial score (nSPS) is 14.7. The molecule has 12 nitrogen and oxygen atoms in total. The van der Waals surface area contributed by atoms with Crippen molar-refractivity contribution in [1.82, 2.24) is 16.0 Å². The maximum Gasteiger partial charge on any atom is 0.326 e. The topological polar surface area (TPSA) is 215 Å². The molecule has 0 radical (unpaired) electrons. The number of nitrogens with zero attached hydrogens (tertiary/aromatic N) is 1. The Balaban J connectivity index is 4.60. The summed E-state index contributed by atoms with van der Waals surface area (Å²) in [6.45, 7) is 3.03. The van der Waals surface area contributed by atoms with E-state index in [2.05, 4.69) is 33.6 Å². The number of thiol groups is 1. The van der Waals surface area contributed by atoms with Crippen molar-refractivity contribution in [1.29, 1.82) is 0 Å². The maximum absolute atomic E-state index is 12.2. The summed E-state index contributed by atoms with van der Waals surface area (Å²) < 4.78 is 0. The highest BCUT2D eigenvalue weighted by Gasteiger charge is 2.26. The first-order valence-electron chi connectivity index (χ1n) is 8.55. The Hall–Kier alpha value is -2.54. The molecule has 0 saturated carbocycles. The van der Waals surface area contributed by atoms with Gasteiger partial charge < -0.3 is 38.3 Å². The highest BCUT2D eigenvalue weighted by molar-refractivity contribution is 7.80. The zero-order valence-electron chi connectivity index (χ0n) is 15.8. The predicted octanol–water partition coefficient (Wildman–Crippen LogP) is -3.12. The molecule has 28 heavy (non-hydrogen) atoms. The lowest BCUT2D eigenvalue weighted by Gasteiger charge is -2.21. The molecule has 0 aromatic rings. The number of aliphatic carboxylic acids is 1. The Kier molecular flexibility index (Phi) is 11.6. The zero-order chi connectivity index (χ0) is 21.9. The quantitative estimate of drug-likeness (QED) is 0.0698. The van der Waals surface area contributed by atoms with Crippen LogP contribution in [-0.4, -0.2) is 71.2 Å². The van der Waals surface area contributed by atoms with Crippen LogP contribution in [0.25, 0.3) is 0 Å². The van der Waals surface area contributed by atoms with Gasteiger partial charge in [-0.3, -0.25) is 19.4 Å². The van der Waals surface area contributed by atoms with Crippen molar-refractivity contribution in [2.45, 2.75) is 50.9 Å². The van der Waals surface area contributed by atoms with Crippen LogP contribution in [0, 0.1) is 0 Å². The summed E-state index contributed by atoms with van der Waals surface area (Å²) in [5.74, 6) is -3.09. The third-order valence-electron chi connectivity index (χ3n) is 3.60. The van der Waals surface area contributed by atoms with Crippen molar-refractivity contribution in [3.05, 3.63) is 0 Å². The Bertz CT molecular complexity index is 597. The summed E-state index contributed by atoms with van der Waals surface area (Å²) in [7, 11) is 0. The average molecular weight is 420 g/mol. The van der Waals surface area contributed by atoms with E-state index in [9.17, 15) is 24.3 Å². The van der Waals surface area contributed by atoms with Gasteiger partial charge in [0.25, 0.3) is 0 Å². The van der Waals surface area contributed by atoms with Crippen molar-refractivity contribution in [3.8, 4) is 0 Å². The number of carboxylic acid groups (broad SMARTS) is 1. The average Bonchev–Trinajstić information content (AvgIpc) is 2.62. The van der Waals surface area contributed by atoms with Crippen LogP contribution in [0.2, 0.25) is 0 Å². The monoisotopic (exact) mass is 419 g/mol. The van der Waals surface area contributed by atoms with Gasteiger partial charge in [-0.05, 0) is 26.7 Å². The molecule has 0 saturated heterocycles. The SMILES string of the molecule is CC(NC(=O)C(N)CS)C(=O)NC(C)C(=O)NC(CCCN=C(N)N)C(=O)O. The zero-order valence-corrected chi connectivity index (χ0v) is 16.7. The van der Waals surface area contributed by atoms with Crippen LogP contribution in [0.3, 0.4) is 0 Å². The summed E-state index contributed by atoms with van der Waals surface area (Å²) in [6.07, 6.45) is 0.441. The van der Waals surface area contributed by atoms with Crippen molar-refractivity contribution in [3.63, 3.8) is 0 Å². The molecule has 0 heterocycles. The molecule has 0 aromatic heterocycles. The highest BCUT2D eigenvalue weighted by atomic mass is 32.1. The predicted molar refractivity (Wildman–Crippen MR) is 107 cm³/mol. The van der Waals surface area contributed by atoms with Gasteiger partial charge >= 0.3 is 5.97 Å². The van der Waals surface area contributed by atoms with Gasteiger partial charge in [0.15, 0.2) is 5.96 Å². The van der Waals surface area contributed by atoms with Gasteiger partial charge in [0.2, 0.25) is 17.7 Å². The van der Waals surface area contributed by atoms with Crippen LogP contribution in [0.5, 0.6) is 0 Å². The largest absolute Gasteiger partial charge is 0.480 e. The number of amides is 3. The fraction of sp³-hybridized carbons (Fsp3) is 0.667. The summed E-state index contributed by atoms with van der Waals surface area (Å²) in [4.78, 5) is 50.9. The standard InChI is InChI=1S/C15H29N7O5S/c1-7(21-13(25)9(16)6-28)11(23)20-8(2)12(24)22-10(14(26)27)4-3-5-19-15(17)18/h7-10,28H,3-6,16H2,1-2H3,(H,20,23)(H,21,25)(H,22,24)(H,26,27)(H4,17,18,19). The first-order chi connectivity index (χ1) is 13.0. The second-order valence-corrected chi connectivity index (χ2v) is 6.46. The molecule has 0 aliphatic carbocycles. The molecule has 13 heteroatoms. The molecular formula is C15H29N7O5S. The van der Waals surface area contributed by atoms with E-state index in [1.165, 1.54) is 13.8 Å². The van der Waals surface area contributed by atoms with E-state index in [0.717, 1.165) is 0 Å². The Morgan fingerprint density at radius 1 is 1.00 bits per heavy atom. The fourth-order valence-electron chi connectivity index (χ4n) is 1.93. The number of aliphatic imine (C=N–C) groups is 1. The van der Waals surface area contributed by atoms with Crippen molar-refractivity contribution < 1.29 is 24.3 Å². The number of carbonyl (C=O) groups is 4. The van der Waals surface area contributed by atoms with Gasteiger partial charge in [-0.25, -0.2) is 4.79 Å². The second-order valence-electron chi connectivity index (χ2n) is 6.10. The minimum atomic E-state index is -1.22. The first kappa shape index (κ1) is 25.5. The van der Waals surface area contributed by atoms with E-state index >= 15 is 0 Å². The number of carboxylic acids is 1. The maximum atomic E-state index is 12.2. The summed E-state index contributed by atoms with van der Waals surface area (Å²) in [6, 6.07) is -3.99. The molecule has 160 valence electrons. The smallest absolute Gasteiger partial charge is 0.326 e. The van der Waals surface area contributed by atoms with Crippen LogP contribution in [0.15, 0.2) is 4.99 Å². The molecule has 0 aliphatic rings. The highest BCUT2D eigenvalue weighted by Crippen LogP contribution is 2.00. The Morgan fingerprint density at radius 2 is 1.50 bits per heavy atom. The van der Waals surface area contributed by atoms with Crippen LogP contribution >= 0.6 is 12.6 Å². The second kappa shape index (κ2) is 12.8. The number of hydrogen-bond acceptors (Lipinski definition) is 7.